The van der Waals surface area contributed by atoms with Crippen LogP contribution in [-0.2, 0) is 19.1 Å². The molecule has 134 valence electrons. The van der Waals surface area contributed by atoms with E-state index in [0.29, 0.717) is 13.0 Å². The van der Waals surface area contributed by atoms with Gasteiger partial charge in [-0.3, -0.25) is 9.59 Å². The lowest BCUT2D eigenvalue weighted by Crippen LogP contribution is -2.51. The van der Waals surface area contributed by atoms with Crippen molar-refractivity contribution in [2.45, 2.75) is 36.1 Å². The molecule has 0 aliphatic heterocycles. The molecule has 24 heavy (non-hydrogen) atoms. The van der Waals surface area contributed by atoms with Crippen molar-refractivity contribution < 1.29 is 19.1 Å². The van der Waals surface area contributed by atoms with Crippen LogP contribution in [0.5, 0.6) is 0 Å². The summed E-state index contributed by atoms with van der Waals surface area (Å²) in [6.07, 6.45) is 2.07. The first-order valence-corrected chi connectivity index (χ1v) is 8.56. The normalized spacial score (nSPS) is 33.3. The SMILES string of the molecule is CCOC(=O)[C@H]1[C@H]2[C@@H]1[C@](N)(C(=O)OCC)C[C@H]2Sc1cn[nH]n1.Cl. The summed E-state index contributed by atoms with van der Waals surface area (Å²) >= 11 is 1.48. The number of rotatable bonds is 6. The first kappa shape index (κ1) is 19.0. The van der Waals surface area contributed by atoms with Gasteiger partial charge in [0.05, 0.1) is 25.3 Å². The second-order valence-corrected chi connectivity index (χ2v) is 7.07. The van der Waals surface area contributed by atoms with Crippen molar-refractivity contribution in [1.29, 1.82) is 0 Å². The number of nitrogens with one attached hydrogen (secondary N) is 1. The number of carbonyl (C=O) groups is 2. The molecule has 0 aromatic carbocycles. The van der Waals surface area contributed by atoms with Crippen LogP contribution in [0.3, 0.4) is 0 Å². The monoisotopic (exact) mass is 376 g/mol. The van der Waals surface area contributed by atoms with Crippen molar-refractivity contribution in [2.24, 2.45) is 23.5 Å². The molecule has 1 heterocycles. The van der Waals surface area contributed by atoms with Crippen molar-refractivity contribution in [3.63, 3.8) is 0 Å². The van der Waals surface area contributed by atoms with Gasteiger partial charge in [0.1, 0.15) is 10.6 Å². The lowest BCUT2D eigenvalue weighted by Gasteiger charge is -2.26. The summed E-state index contributed by atoms with van der Waals surface area (Å²) in [5, 5.41) is 11.1. The van der Waals surface area contributed by atoms with Crippen LogP contribution in [0.15, 0.2) is 11.2 Å². The smallest absolute Gasteiger partial charge is 0.326 e. The molecule has 2 fully saturated rings. The van der Waals surface area contributed by atoms with Gasteiger partial charge >= 0.3 is 11.9 Å². The van der Waals surface area contributed by atoms with Crippen molar-refractivity contribution in [2.75, 3.05) is 13.2 Å². The fraction of sp³-hybridized carbons (Fsp3) is 0.714. The molecule has 3 rings (SSSR count). The minimum atomic E-state index is -1.14. The minimum absolute atomic E-state index is 0. The Bertz CT molecular complexity index is 602. The molecule has 1 aromatic rings. The second kappa shape index (κ2) is 7.28. The number of aromatic nitrogens is 3. The van der Waals surface area contributed by atoms with Crippen LogP contribution >= 0.6 is 24.2 Å². The molecule has 5 atom stereocenters. The molecule has 0 unspecified atom stereocenters. The molecule has 0 radical (unpaired) electrons. The minimum Gasteiger partial charge on any atom is -0.466 e. The average Bonchev–Trinajstić information content (AvgIpc) is 2.94. The number of hydrogen-bond donors (Lipinski definition) is 2. The number of nitrogens with two attached hydrogens (primary N) is 1. The van der Waals surface area contributed by atoms with E-state index in [1.807, 2.05) is 0 Å². The van der Waals surface area contributed by atoms with Gasteiger partial charge in [-0.15, -0.1) is 17.5 Å². The van der Waals surface area contributed by atoms with E-state index in [0.717, 1.165) is 5.03 Å². The van der Waals surface area contributed by atoms with E-state index >= 15 is 0 Å². The molecule has 0 spiro atoms. The molecule has 3 N–H and O–H groups in total. The number of carbonyl (C=O) groups excluding carboxylic acids is 2. The molecule has 0 amide bonds. The Morgan fingerprint density at radius 1 is 1.42 bits per heavy atom. The summed E-state index contributed by atoms with van der Waals surface area (Å²) < 4.78 is 10.3. The highest BCUT2D eigenvalue weighted by Crippen LogP contribution is 2.65. The Morgan fingerprint density at radius 3 is 2.71 bits per heavy atom. The number of H-pyrrole nitrogens is 1. The van der Waals surface area contributed by atoms with Gasteiger partial charge in [-0.05, 0) is 26.2 Å². The summed E-state index contributed by atoms with van der Waals surface area (Å²) in [6.45, 7) is 4.08. The first-order chi connectivity index (χ1) is 11.0. The van der Waals surface area contributed by atoms with Crippen molar-refractivity contribution in [3.05, 3.63) is 6.20 Å². The van der Waals surface area contributed by atoms with Crippen LogP contribution in [0.2, 0.25) is 0 Å². The summed E-state index contributed by atoms with van der Waals surface area (Å²) in [6, 6.07) is 0. The van der Waals surface area contributed by atoms with Gasteiger partial charge in [0.15, 0.2) is 0 Å². The zero-order valence-electron chi connectivity index (χ0n) is 13.4. The van der Waals surface area contributed by atoms with Crippen LogP contribution in [0.4, 0.5) is 0 Å². The number of nitrogens with zero attached hydrogens (tertiary/aromatic N) is 2. The number of hydrogen-bond acceptors (Lipinski definition) is 8. The van der Waals surface area contributed by atoms with E-state index in [-0.39, 0.29) is 48.0 Å². The molecular formula is C14H21ClN4O4S. The van der Waals surface area contributed by atoms with Gasteiger partial charge in [-0.2, -0.15) is 10.3 Å². The standard InChI is InChI=1S/C14H20N4O4S.ClH/c1-3-21-12(19)10-9-7(23-8-6-16-18-17-8)5-14(15,11(9)10)13(20)22-4-2;/h6-7,9-11H,3-5,15H2,1-2H3,(H,16,17,18);1H/t7-,9+,10+,11+,14+;/m1./s1. The van der Waals surface area contributed by atoms with Crippen molar-refractivity contribution >= 4 is 36.1 Å². The van der Waals surface area contributed by atoms with Gasteiger partial charge in [0, 0.05) is 11.2 Å². The molecule has 0 saturated heterocycles. The van der Waals surface area contributed by atoms with Crippen LogP contribution in [0, 0.1) is 17.8 Å². The van der Waals surface area contributed by atoms with Gasteiger partial charge in [-0.25, -0.2) is 0 Å². The average molecular weight is 377 g/mol. The van der Waals surface area contributed by atoms with E-state index in [2.05, 4.69) is 15.4 Å². The van der Waals surface area contributed by atoms with Crippen LogP contribution < -0.4 is 5.73 Å². The fourth-order valence-electron chi connectivity index (χ4n) is 3.62. The second-order valence-electron chi connectivity index (χ2n) is 5.81. The number of halogens is 1. The number of fused-ring (bicyclic) bond motifs is 1. The highest BCUT2D eigenvalue weighted by molar-refractivity contribution is 7.99. The van der Waals surface area contributed by atoms with Crippen LogP contribution in [-0.4, -0.2) is 51.4 Å². The van der Waals surface area contributed by atoms with E-state index in [1.165, 1.54) is 11.8 Å². The van der Waals surface area contributed by atoms with E-state index in [1.54, 1.807) is 20.0 Å². The Labute approximate surface area is 150 Å². The van der Waals surface area contributed by atoms with Gasteiger partial charge in [0.25, 0.3) is 0 Å². The zero-order chi connectivity index (χ0) is 16.6. The Balaban J connectivity index is 0.00000208. The van der Waals surface area contributed by atoms with Crippen LogP contribution in [0.1, 0.15) is 20.3 Å². The third-order valence-electron chi connectivity index (χ3n) is 4.52. The maximum Gasteiger partial charge on any atom is 0.326 e. The fourth-order valence-corrected chi connectivity index (χ4v) is 4.99. The van der Waals surface area contributed by atoms with Crippen molar-refractivity contribution in [1.82, 2.24) is 15.4 Å². The summed E-state index contributed by atoms with van der Waals surface area (Å²) in [5.41, 5.74) is 5.24. The summed E-state index contributed by atoms with van der Waals surface area (Å²) in [7, 11) is 0. The van der Waals surface area contributed by atoms with Gasteiger partial charge < -0.3 is 15.2 Å². The maximum atomic E-state index is 12.3. The molecule has 1 aromatic heterocycles. The van der Waals surface area contributed by atoms with Crippen molar-refractivity contribution in [3.8, 4) is 0 Å². The molecule has 2 saturated carbocycles. The molecule has 2 aliphatic carbocycles. The Morgan fingerprint density at radius 2 is 2.12 bits per heavy atom. The highest BCUT2D eigenvalue weighted by Gasteiger charge is 2.74. The molecular weight excluding hydrogens is 356 g/mol. The van der Waals surface area contributed by atoms with Gasteiger partial charge in [-0.1, -0.05) is 11.8 Å². The predicted octanol–water partition coefficient (Wildman–Crippen LogP) is 0.777. The zero-order valence-corrected chi connectivity index (χ0v) is 15.1. The summed E-state index contributed by atoms with van der Waals surface area (Å²) in [4.78, 5) is 24.5. The number of thioether (sulfide) groups is 1. The Kier molecular flexibility index (Phi) is 5.77. The van der Waals surface area contributed by atoms with E-state index in [4.69, 9.17) is 15.2 Å². The number of esters is 2. The topological polar surface area (TPSA) is 120 Å². The maximum absolute atomic E-state index is 12.3. The van der Waals surface area contributed by atoms with Gasteiger partial charge in [0.2, 0.25) is 0 Å². The lowest BCUT2D eigenvalue weighted by atomic mass is 9.91. The highest BCUT2D eigenvalue weighted by atomic mass is 35.5. The third-order valence-corrected chi connectivity index (χ3v) is 5.74. The number of ether oxygens (including phenoxy) is 2. The van der Waals surface area contributed by atoms with Crippen LogP contribution in [0.25, 0.3) is 0 Å². The first-order valence-electron chi connectivity index (χ1n) is 7.68. The molecule has 0 bridgehead atoms. The Hall–Kier alpha value is -1.32. The molecule has 8 nitrogen and oxygen atoms in total. The number of aromatic amines is 1. The third kappa shape index (κ3) is 3.12. The largest absolute Gasteiger partial charge is 0.466 e. The molecule has 2 aliphatic rings. The molecule has 10 heteroatoms. The quantitative estimate of drug-likeness (QED) is 0.698. The lowest BCUT2D eigenvalue weighted by molar-refractivity contribution is -0.151. The van der Waals surface area contributed by atoms with E-state index < -0.39 is 11.5 Å². The van der Waals surface area contributed by atoms with E-state index in [9.17, 15) is 9.59 Å². The predicted molar refractivity (Wildman–Crippen MR) is 88.5 cm³/mol. The summed E-state index contributed by atoms with van der Waals surface area (Å²) in [5.74, 6) is -1.30.